The van der Waals surface area contributed by atoms with Crippen molar-refractivity contribution in [2.75, 3.05) is 0 Å². The molecule has 0 bridgehead atoms. The van der Waals surface area contributed by atoms with Crippen LogP contribution in [0.3, 0.4) is 0 Å². The van der Waals surface area contributed by atoms with Gasteiger partial charge in [-0.1, -0.05) is 113 Å². The molecule has 3 heteroatoms. The second-order valence-electron chi connectivity index (χ2n) is 11.4. The van der Waals surface area contributed by atoms with Crippen molar-refractivity contribution < 1.29 is 8.78 Å². The molecular formula is C32H43ClF2. The summed E-state index contributed by atoms with van der Waals surface area (Å²) in [5.74, 6) is 2.09. The fraction of sp³-hybridized carbons (Fsp3) is 0.625. The zero-order valence-corrected chi connectivity index (χ0v) is 22.3. The lowest BCUT2D eigenvalue weighted by Crippen LogP contribution is -2.17. The van der Waals surface area contributed by atoms with Crippen LogP contribution < -0.4 is 0 Å². The predicted molar refractivity (Wildman–Crippen MR) is 145 cm³/mol. The molecule has 2 fully saturated rings. The average molecular weight is 501 g/mol. The largest absolute Gasteiger partial charge is 0.205 e. The van der Waals surface area contributed by atoms with E-state index in [1.807, 2.05) is 12.1 Å². The quantitative estimate of drug-likeness (QED) is 0.225. The minimum absolute atomic E-state index is 0.437. The van der Waals surface area contributed by atoms with E-state index in [9.17, 15) is 8.78 Å². The van der Waals surface area contributed by atoms with Crippen molar-refractivity contribution in [2.45, 2.75) is 109 Å². The van der Waals surface area contributed by atoms with Gasteiger partial charge in [-0.3, -0.25) is 0 Å². The third-order valence-corrected chi connectivity index (χ3v) is 9.32. The zero-order valence-electron chi connectivity index (χ0n) is 21.5. The number of rotatable bonds is 10. The molecule has 0 aromatic heterocycles. The maximum Gasteiger partial charge on any atom is 0.145 e. The van der Waals surface area contributed by atoms with E-state index in [1.54, 1.807) is 0 Å². The Labute approximate surface area is 216 Å². The third-order valence-electron chi connectivity index (χ3n) is 8.96. The second-order valence-corrected chi connectivity index (χ2v) is 11.8. The highest BCUT2D eigenvalue weighted by molar-refractivity contribution is 6.31. The first-order valence-electron chi connectivity index (χ1n) is 14.3. The molecule has 2 aromatic rings. The molecule has 0 nitrogen and oxygen atoms in total. The number of hydrogen-bond acceptors (Lipinski definition) is 0. The molecular weight excluding hydrogens is 458 g/mol. The summed E-state index contributed by atoms with van der Waals surface area (Å²) < 4.78 is 27.7. The van der Waals surface area contributed by atoms with Gasteiger partial charge in [-0.25, -0.2) is 8.78 Å². The number of halogens is 3. The van der Waals surface area contributed by atoms with Gasteiger partial charge >= 0.3 is 0 Å². The van der Waals surface area contributed by atoms with Gasteiger partial charge < -0.3 is 0 Å². The molecule has 0 radical (unpaired) electrons. The Morgan fingerprint density at radius 2 is 1.17 bits per heavy atom. The lowest BCUT2D eigenvalue weighted by Gasteiger charge is -2.32. The fourth-order valence-electron chi connectivity index (χ4n) is 6.59. The van der Waals surface area contributed by atoms with Crippen LogP contribution in [0, 0.1) is 29.4 Å². The van der Waals surface area contributed by atoms with Gasteiger partial charge in [-0.15, -0.1) is 0 Å². The van der Waals surface area contributed by atoms with E-state index in [4.69, 9.17) is 11.6 Å². The van der Waals surface area contributed by atoms with Crippen molar-refractivity contribution >= 4 is 11.6 Å². The van der Waals surface area contributed by atoms with Crippen molar-refractivity contribution in [2.24, 2.45) is 17.8 Å². The standard InChI is InChI=1S/C32H43ClF2/c1-2-3-4-5-6-23-7-9-24(10-8-23)11-12-25-13-15-26(16-14-25)27-17-19-28(20-18-27)29-21-30(34)32(33)31(35)22-29/h17-26H,2-16H2,1H3/t23-,24-,25-,26-. The lowest BCUT2D eigenvalue weighted by atomic mass is 9.74. The molecule has 2 saturated carbocycles. The Morgan fingerprint density at radius 3 is 1.71 bits per heavy atom. The molecule has 2 aliphatic rings. The smallest absolute Gasteiger partial charge is 0.145 e. The maximum atomic E-state index is 13.8. The van der Waals surface area contributed by atoms with E-state index in [-0.39, 0.29) is 0 Å². The lowest BCUT2D eigenvalue weighted by molar-refractivity contribution is 0.222. The molecule has 2 aliphatic carbocycles. The number of benzene rings is 2. The average Bonchev–Trinajstić information content (AvgIpc) is 2.89. The third kappa shape index (κ3) is 7.54. The Bertz CT molecular complexity index is 883. The van der Waals surface area contributed by atoms with E-state index in [0.29, 0.717) is 11.5 Å². The first-order chi connectivity index (χ1) is 17.0. The van der Waals surface area contributed by atoms with Gasteiger partial charge in [0.2, 0.25) is 0 Å². The Balaban J connectivity index is 1.17. The van der Waals surface area contributed by atoms with Gasteiger partial charge in [0.25, 0.3) is 0 Å². The van der Waals surface area contributed by atoms with Gasteiger partial charge in [0.05, 0.1) is 0 Å². The number of unbranched alkanes of at least 4 members (excludes halogenated alkanes) is 3. The molecule has 0 saturated heterocycles. The van der Waals surface area contributed by atoms with Crippen LogP contribution in [0.2, 0.25) is 5.02 Å². The van der Waals surface area contributed by atoms with Crippen molar-refractivity contribution in [3.05, 3.63) is 58.6 Å². The summed E-state index contributed by atoms with van der Waals surface area (Å²) in [6, 6.07) is 10.9. The summed E-state index contributed by atoms with van der Waals surface area (Å²) in [5, 5.41) is -0.437. The second kappa shape index (κ2) is 13.2. The summed E-state index contributed by atoms with van der Waals surface area (Å²) in [5.41, 5.74) is 2.72. The molecule has 4 rings (SSSR count). The normalized spacial score (nSPS) is 25.0. The highest BCUT2D eigenvalue weighted by atomic mass is 35.5. The van der Waals surface area contributed by atoms with Crippen LogP contribution in [0.25, 0.3) is 11.1 Å². The molecule has 0 unspecified atom stereocenters. The van der Waals surface area contributed by atoms with Crippen LogP contribution in [0.1, 0.15) is 115 Å². The van der Waals surface area contributed by atoms with E-state index >= 15 is 0 Å². The van der Waals surface area contributed by atoms with Crippen molar-refractivity contribution in [3.8, 4) is 11.1 Å². The Morgan fingerprint density at radius 1 is 0.657 bits per heavy atom. The first kappa shape index (κ1) is 26.6. The monoisotopic (exact) mass is 500 g/mol. The highest BCUT2D eigenvalue weighted by Gasteiger charge is 2.25. The molecule has 0 amide bonds. The van der Waals surface area contributed by atoms with Gasteiger partial charge in [0.1, 0.15) is 16.7 Å². The van der Waals surface area contributed by atoms with Crippen molar-refractivity contribution in [3.63, 3.8) is 0 Å². The molecule has 0 atom stereocenters. The Kier molecular flexibility index (Phi) is 10.1. The molecule has 0 N–H and O–H groups in total. The van der Waals surface area contributed by atoms with Crippen LogP contribution in [0.5, 0.6) is 0 Å². The molecule has 35 heavy (non-hydrogen) atoms. The topological polar surface area (TPSA) is 0 Å². The maximum absolute atomic E-state index is 13.8. The number of hydrogen-bond donors (Lipinski definition) is 0. The van der Waals surface area contributed by atoms with Crippen molar-refractivity contribution in [1.82, 2.24) is 0 Å². The molecule has 0 aliphatic heterocycles. The van der Waals surface area contributed by atoms with E-state index in [1.165, 1.54) is 114 Å². The van der Waals surface area contributed by atoms with Gasteiger partial charge in [-0.05, 0) is 78.2 Å². The predicted octanol–water partition coefficient (Wildman–Crippen LogP) is 11.1. The van der Waals surface area contributed by atoms with Crippen LogP contribution in [-0.2, 0) is 0 Å². The minimum atomic E-state index is -0.709. The minimum Gasteiger partial charge on any atom is -0.205 e. The van der Waals surface area contributed by atoms with E-state index in [0.717, 1.165) is 23.3 Å². The Hall–Kier alpha value is -1.41. The van der Waals surface area contributed by atoms with E-state index in [2.05, 4.69) is 19.1 Å². The summed E-state index contributed by atoms with van der Waals surface area (Å²) in [6.07, 6.45) is 21.1. The first-order valence-corrected chi connectivity index (χ1v) is 14.7. The molecule has 2 aromatic carbocycles. The van der Waals surface area contributed by atoms with Crippen LogP contribution in [-0.4, -0.2) is 0 Å². The highest BCUT2D eigenvalue weighted by Crippen LogP contribution is 2.41. The SMILES string of the molecule is CCCCCC[C@H]1CC[C@H](CC[C@H]2CC[C@H](c3ccc(-c4cc(F)c(Cl)c(F)c4)cc3)CC2)CC1. The van der Waals surface area contributed by atoms with Gasteiger partial charge in [-0.2, -0.15) is 0 Å². The fourth-order valence-corrected chi connectivity index (χ4v) is 6.70. The summed E-state index contributed by atoms with van der Waals surface area (Å²) in [6.45, 7) is 2.30. The van der Waals surface area contributed by atoms with Crippen molar-refractivity contribution in [1.29, 1.82) is 0 Å². The zero-order chi connectivity index (χ0) is 24.6. The van der Waals surface area contributed by atoms with E-state index < -0.39 is 16.7 Å². The van der Waals surface area contributed by atoms with Crippen LogP contribution in [0.4, 0.5) is 8.78 Å². The van der Waals surface area contributed by atoms with Crippen LogP contribution >= 0.6 is 11.6 Å². The molecule has 0 heterocycles. The summed E-state index contributed by atoms with van der Waals surface area (Å²) in [7, 11) is 0. The molecule has 0 spiro atoms. The summed E-state index contributed by atoms with van der Waals surface area (Å²) >= 11 is 5.62. The van der Waals surface area contributed by atoms with Gasteiger partial charge in [0, 0.05) is 0 Å². The van der Waals surface area contributed by atoms with Gasteiger partial charge in [0.15, 0.2) is 0 Å². The van der Waals surface area contributed by atoms with Crippen LogP contribution in [0.15, 0.2) is 36.4 Å². The molecule has 192 valence electrons. The summed E-state index contributed by atoms with van der Waals surface area (Å²) in [4.78, 5) is 0.